The molecule has 0 saturated heterocycles. The topological polar surface area (TPSA) is 81.7 Å². The Hall–Kier alpha value is -1.30. The molecule has 1 fully saturated rings. The second-order valence-corrected chi connectivity index (χ2v) is 6.71. The van der Waals surface area contributed by atoms with E-state index >= 15 is 0 Å². The molecule has 20 heavy (non-hydrogen) atoms. The number of nitrogens with zero attached hydrogens (tertiary/aromatic N) is 1. The van der Waals surface area contributed by atoms with Crippen LogP contribution in [0, 0.1) is 11.3 Å². The van der Waals surface area contributed by atoms with Crippen LogP contribution in [0.1, 0.15) is 33.1 Å². The van der Waals surface area contributed by atoms with E-state index in [9.17, 15) is 9.59 Å². The highest BCUT2D eigenvalue weighted by molar-refractivity contribution is 5.77. The highest BCUT2D eigenvalue weighted by Crippen LogP contribution is 2.25. The van der Waals surface area contributed by atoms with E-state index in [0.717, 1.165) is 19.4 Å². The Kier molecular flexibility index (Phi) is 5.80. The van der Waals surface area contributed by atoms with E-state index in [0.29, 0.717) is 13.0 Å². The smallest absolute Gasteiger partial charge is 0.315 e. The summed E-state index contributed by atoms with van der Waals surface area (Å²) < 4.78 is 0. The first-order valence-corrected chi connectivity index (χ1v) is 7.13. The minimum Gasteiger partial charge on any atom is -0.481 e. The summed E-state index contributed by atoms with van der Waals surface area (Å²) in [6.07, 6.45) is 2.24. The van der Waals surface area contributed by atoms with Crippen molar-refractivity contribution in [1.29, 1.82) is 0 Å². The maximum atomic E-state index is 11.9. The van der Waals surface area contributed by atoms with Crippen LogP contribution in [-0.2, 0) is 4.79 Å². The van der Waals surface area contributed by atoms with Crippen LogP contribution in [-0.4, -0.2) is 55.2 Å². The molecule has 116 valence electrons. The molecule has 0 radical (unpaired) electrons. The van der Waals surface area contributed by atoms with Crippen LogP contribution >= 0.6 is 0 Å². The molecule has 0 aromatic rings. The first kappa shape index (κ1) is 16.8. The zero-order valence-corrected chi connectivity index (χ0v) is 12.9. The van der Waals surface area contributed by atoms with Gasteiger partial charge in [-0.2, -0.15) is 0 Å². The van der Waals surface area contributed by atoms with Crippen LogP contribution < -0.4 is 10.6 Å². The normalized spacial score (nSPS) is 22.9. The second-order valence-electron chi connectivity index (χ2n) is 6.71. The van der Waals surface area contributed by atoms with E-state index in [1.165, 1.54) is 0 Å². The summed E-state index contributed by atoms with van der Waals surface area (Å²) in [6.45, 7) is 5.60. The van der Waals surface area contributed by atoms with Gasteiger partial charge in [0.05, 0.1) is 5.92 Å². The monoisotopic (exact) mass is 285 g/mol. The Labute approximate surface area is 120 Å². The first-order valence-electron chi connectivity index (χ1n) is 7.13. The molecule has 3 N–H and O–H groups in total. The minimum absolute atomic E-state index is 0.0251. The first-order chi connectivity index (χ1) is 9.21. The number of aliphatic carboxylic acids is 1. The molecule has 1 rings (SSSR count). The van der Waals surface area contributed by atoms with Gasteiger partial charge in [-0.25, -0.2) is 4.79 Å². The molecule has 6 nitrogen and oxygen atoms in total. The summed E-state index contributed by atoms with van der Waals surface area (Å²) in [6, 6.07) is -0.514. The Balaban J connectivity index is 2.38. The molecular weight excluding hydrogens is 258 g/mol. The van der Waals surface area contributed by atoms with E-state index in [2.05, 4.69) is 29.4 Å². The number of amides is 2. The number of nitrogens with one attached hydrogen (secondary N) is 2. The van der Waals surface area contributed by atoms with Gasteiger partial charge in [0.15, 0.2) is 0 Å². The van der Waals surface area contributed by atoms with E-state index in [1.807, 2.05) is 14.1 Å². The van der Waals surface area contributed by atoms with Gasteiger partial charge in [0, 0.05) is 19.1 Å². The Bertz CT molecular complexity index is 356. The zero-order valence-electron chi connectivity index (χ0n) is 12.9. The van der Waals surface area contributed by atoms with E-state index in [-0.39, 0.29) is 17.5 Å². The van der Waals surface area contributed by atoms with Crippen LogP contribution in [0.3, 0.4) is 0 Å². The molecule has 2 amide bonds. The molecule has 1 saturated carbocycles. The fraction of sp³-hybridized carbons (Fsp3) is 0.857. The average molecular weight is 285 g/mol. The van der Waals surface area contributed by atoms with Crippen molar-refractivity contribution in [2.45, 2.75) is 39.2 Å². The van der Waals surface area contributed by atoms with E-state index in [1.54, 1.807) is 0 Å². The summed E-state index contributed by atoms with van der Waals surface area (Å²) in [4.78, 5) is 25.0. The van der Waals surface area contributed by atoms with Gasteiger partial charge in [0.25, 0.3) is 0 Å². The Morgan fingerprint density at radius 1 is 1.30 bits per heavy atom. The van der Waals surface area contributed by atoms with Crippen molar-refractivity contribution in [2.75, 3.05) is 27.2 Å². The van der Waals surface area contributed by atoms with Gasteiger partial charge < -0.3 is 20.6 Å². The van der Waals surface area contributed by atoms with Crippen LogP contribution in [0.15, 0.2) is 0 Å². The zero-order chi connectivity index (χ0) is 15.3. The van der Waals surface area contributed by atoms with E-state index in [4.69, 9.17) is 5.11 Å². The maximum absolute atomic E-state index is 11.9. The van der Waals surface area contributed by atoms with Gasteiger partial charge in [0.2, 0.25) is 0 Å². The summed E-state index contributed by atoms with van der Waals surface area (Å²) in [5.74, 6) is -1.27. The third kappa shape index (κ3) is 5.36. The van der Waals surface area contributed by atoms with Crippen molar-refractivity contribution in [1.82, 2.24) is 15.5 Å². The maximum Gasteiger partial charge on any atom is 0.315 e. The fourth-order valence-electron chi connectivity index (χ4n) is 2.88. The molecular formula is C14H27N3O3. The Morgan fingerprint density at radius 2 is 1.95 bits per heavy atom. The van der Waals surface area contributed by atoms with Gasteiger partial charge in [-0.1, -0.05) is 20.3 Å². The molecule has 2 atom stereocenters. The van der Waals surface area contributed by atoms with Crippen molar-refractivity contribution in [2.24, 2.45) is 11.3 Å². The molecule has 0 aromatic carbocycles. The van der Waals surface area contributed by atoms with Crippen molar-refractivity contribution in [3.05, 3.63) is 0 Å². The highest BCUT2D eigenvalue weighted by atomic mass is 16.4. The summed E-state index contributed by atoms with van der Waals surface area (Å²) >= 11 is 0. The number of hydrogen-bond acceptors (Lipinski definition) is 3. The van der Waals surface area contributed by atoms with Crippen LogP contribution in [0.25, 0.3) is 0 Å². The van der Waals surface area contributed by atoms with Crippen molar-refractivity contribution in [3.8, 4) is 0 Å². The van der Waals surface area contributed by atoms with Gasteiger partial charge >= 0.3 is 12.0 Å². The predicted octanol–water partition coefficient (Wildman–Crippen LogP) is 1.13. The number of carbonyl (C=O) groups is 2. The van der Waals surface area contributed by atoms with Crippen molar-refractivity contribution >= 4 is 12.0 Å². The third-order valence-electron chi connectivity index (χ3n) is 3.62. The minimum atomic E-state index is -0.819. The van der Waals surface area contributed by atoms with Crippen molar-refractivity contribution in [3.63, 3.8) is 0 Å². The third-order valence-corrected chi connectivity index (χ3v) is 3.62. The van der Waals surface area contributed by atoms with Gasteiger partial charge in [-0.05, 0) is 32.4 Å². The van der Waals surface area contributed by atoms with E-state index < -0.39 is 11.9 Å². The molecule has 1 aliphatic carbocycles. The highest BCUT2D eigenvalue weighted by Gasteiger charge is 2.34. The molecule has 0 aliphatic heterocycles. The molecule has 0 bridgehead atoms. The predicted molar refractivity (Wildman–Crippen MR) is 77.6 cm³/mol. The fourth-order valence-corrected chi connectivity index (χ4v) is 2.88. The molecule has 0 heterocycles. The molecule has 0 aromatic heterocycles. The molecule has 6 heteroatoms. The summed E-state index contributed by atoms with van der Waals surface area (Å²) in [7, 11) is 4.00. The molecule has 0 spiro atoms. The lowest BCUT2D eigenvalue weighted by atomic mass is 9.93. The summed E-state index contributed by atoms with van der Waals surface area (Å²) in [5, 5.41) is 14.7. The Morgan fingerprint density at radius 3 is 2.50 bits per heavy atom. The van der Waals surface area contributed by atoms with Crippen molar-refractivity contribution < 1.29 is 14.7 Å². The number of hydrogen-bond donors (Lipinski definition) is 3. The standard InChI is InChI=1S/C14H27N3O3/c1-14(2,9-17(3)4)8-15-13(20)16-11-7-5-6-10(11)12(18)19/h10-11H,5-9H2,1-4H3,(H,18,19)(H2,15,16,20). The number of carboxylic acids is 1. The van der Waals surface area contributed by atoms with Gasteiger partial charge in [-0.3, -0.25) is 4.79 Å². The number of carbonyl (C=O) groups excluding carboxylic acids is 1. The summed E-state index contributed by atoms with van der Waals surface area (Å²) in [5.41, 5.74) is -0.0251. The molecule has 1 aliphatic rings. The van der Waals surface area contributed by atoms with Crippen LogP contribution in [0.5, 0.6) is 0 Å². The molecule has 2 unspecified atom stereocenters. The van der Waals surface area contributed by atoms with Gasteiger partial charge in [-0.15, -0.1) is 0 Å². The lowest BCUT2D eigenvalue weighted by Gasteiger charge is -2.29. The quantitative estimate of drug-likeness (QED) is 0.683. The number of rotatable bonds is 6. The SMILES string of the molecule is CN(C)CC(C)(C)CNC(=O)NC1CCCC1C(=O)O. The number of urea groups is 1. The van der Waals surface area contributed by atoms with Gasteiger partial charge in [0.1, 0.15) is 0 Å². The number of carboxylic acid groups (broad SMARTS) is 1. The second kappa shape index (κ2) is 6.92. The van der Waals surface area contributed by atoms with Crippen LogP contribution in [0.2, 0.25) is 0 Å². The lowest BCUT2D eigenvalue weighted by Crippen LogP contribution is -2.48. The lowest BCUT2D eigenvalue weighted by molar-refractivity contribution is -0.142. The largest absolute Gasteiger partial charge is 0.481 e. The van der Waals surface area contributed by atoms with Crippen LogP contribution in [0.4, 0.5) is 4.79 Å². The average Bonchev–Trinajstić information content (AvgIpc) is 2.73.